The number of carbonyl (C=O) groups excluding carboxylic acids is 1. The summed E-state index contributed by atoms with van der Waals surface area (Å²) in [5, 5.41) is 0. The zero-order chi connectivity index (χ0) is 17.6. The molecule has 7 heteroatoms. The third kappa shape index (κ3) is 4.73. The Morgan fingerprint density at radius 3 is 2.64 bits per heavy atom. The fraction of sp³-hybridized carbons (Fsp3) is 0.333. The van der Waals surface area contributed by atoms with Gasteiger partial charge in [0.15, 0.2) is 0 Å². The average Bonchev–Trinajstić information content (AvgIpc) is 2.62. The molecule has 0 aliphatic carbocycles. The highest BCUT2D eigenvalue weighted by molar-refractivity contribution is 5.94. The van der Waals surface area contributed by atoms with Crippen LogP contribution in [0.25, 0.3) is 0 Å². The summed E-state index contributed by atoms with van der Waals surface area (Å²) in [6, 6.07) is 9.86. The van der Waals surface area contributed by atoms with Gasteiger partial charge in [0.25, 0.3) is 5.91 Å². The number of piperazine rings is 1. The Labute approximate surface area is 144 Å². The summed E-state index contributed by atoms with van der Waals surface area (Å²) >= 11 is 0. The van der Waals surface area contributed by atoms with E-state index in [1.165, 1.54) is 12.1 Å². The molecule has 1 aliphatic heterocycles. The summed E-state index contributed by atoms with van der Waals surface area (Å²) in [6.45, 7) is 0.606. The highest BCUT2D eigenvalue weighted by atomic mass is 19.3. The van der Waals surface area contributed by atoms with Crippen LogP contribution in [-0.2, 0) is 6.54 Å². The predicted octanol–water partition coefficient (Wildman–Crippen LogP) is 2.64. The minimum atomic E-state index is -2.90. The minimum absolute atomic E-state index is 0.00364. The summed E-state index contributed by atoms with van der Waals surface area (Å²) < 4.78 is 29.0. The van der Waals surface area contributed by atoms with Gasteiger partial charge in [-0.2, -0.15) is 8.78 Å². The maximum atomic E-state index is 12.6. The minimum Gasteiger partial charge on any atom is -0.435 e. The van der Waals surface area contributed by atoms with Crippen molar-refractivity contribution in [1.82, 2.24) is 14.8 Å². The van der Waals surface area contributed by atoms with Gasteiger partial charge in [0.1, 0.15) is 5.75 Å². The lowest BCUT2D eigenvalue weighted by Crippen LogP contribution is -2.48. The van der Waals surface area contributed by atoms with E-state index in [0.29, 0.717) is 18.7 Å². The number of halogens is 2. The molecule has 1 aromatic carbocycles. The standard InChI is InChI=1S/C18H19F2N3O2/c19-18(20)25-16-5-1-4-15(11-16)17(24)23-9-7-22(8-10-23)13-14-3-2-6-21-12-14/h1-6,11-12,18H,7-10,13H2. The molecule has 0 atom stereocenters. The van der Waals surface area contributed by atoms with Crippen molar-refractivity contribution in [2.75, 3.05) is 26.2 Å². The van der Waals surface area contributed by atoms with Gasteiger partial charge in [-0.05, 0) is 29.8 Å². The third-order valence-electron chi connectivity index (χ3n) is 4.09. The van der Waals surface area contributed by atoms with E-state index in [2.05, 4.69) is 14.6 Å². The highest BCUT2D eigenvalue weighted by Crippen LogP contribution is 2.18. The van der Waals surface area contributed by atoms with E-state index >= 15 is 0 Å². The van der Waals surface area contributed by atoms with Crippen LogP contribution in [0, 0.1) is 0 Å². The maximum absolute atomic E-state index is 12.6. The Morgan fingerprint density at radius 1 is 1.16 bits per heavy atom. The molecule has 2 aromatic rings. The Balaban J connectivity index is 1.56. The van der Waals surface area contributed by atoms with Crippen LogP contribution in [0.1, 0.15) is 15.9 Å². The SMILES string of the molecule is O=C(c1cccc(OC(F)F)c1)N1CCN(Cc2cccnc2)CC1. The first-order valence-electron chi connectivity index (χ1n) is 8.07. The van der Waals surface area contributed by atoms with E-state index < -0.39 is 6.61 Å². The summed E-state index contributed by atoms with van der Waals surface area (Å²) in [5.41, 5.74) is 1.50. The van der Waals surface area contributed by atoms with Crippen LogP contribution in [0.4, 0.5) is 8.78 Å². The molecule has 0 N–H and O–H groups in total. The number of alkyl halides is 2. The number of ether oxygens (including phenoxy) is 1. The number of pyridine rings is 1. The smallest absolute Gasteiger partial charge is 0.387 e. The summed E-state index contributed by atoms with van der Waals surface area (Å²) in [5.74, 6) is -0.170. The van der Waals surface area contributed by atoms with Gasteiger partial charge < -0.3 is 9.64 Å². The van der Waals surface area contributed by atoms with Crippen LogP contribution in [0.15, 0.2) is 48.8 Å². The van der Waals surface area contributed by atoms with Crippen molar-refractivity contribution in [3.63, 3.8) is 0 Å². The van der Waals surface area contributed by atoms with Crippen LogP contribution < -0.4 is 4.74 Å². The molecule has 1 fully saturated rings. The Hall–Kier alpha value is -2.54. The van der Waals surface area contributed by atoms with Crippen LogP contribution in [0.3, 0.4) is 0 Å². The van der Waals surface area contributed by atoms with E-state index in [0.717, 1.165) is 25.2 Å². The number of carbonyl (C=O) groups is 1. The van der Waals surface area contributed by atoms with E-state index in [4.69, 9.17) is 0 Å². The maximum Gasteiger partial charge on any atom is 0.387 e. The normalized spacial score (nSPS) is 15.4. The number of amides is 1. The summed E-state index contributed by atoms with van der Waals surface area (Å²) in [7, 11) is 0. The van der Waals surface area contributed by atoms with Gasteiger partial charge in [0.05, 0.1) is 0 Å². The van der Waals surface area contributed by atoms with Crippen LogP contribution in [0.5, 0.6) is 5.75 Å². The third-order valence-corrected chi connectivity index (χ3v) is 4.09. The van der Waals surface area contributed by atoms with E-state index in [9.17, 15) is 13.6 Å². The lowest BCUT2D eigenvalue weighted by molar-refractivity contribution is -0.0499. The fourth-order valence-electron chi connectivity index (χ4n) is 2.85. The first-order chi connectivity index (χ1) is 12.1. The molecule has 0 radical (unpaired) electrons. The van der Waals surface area contributed by atoms with Gasteiger partial charge in [-0.15, -0.1) is 0 Å². The number of rotatable bonds is 5. The first kappa shape index (κ1) is 17.3. The molecule has 5 nitrogen and oxygen atoms in total. The molecule has 0 spiro atoms. The molecule has 25 heavy (non-hydrogen) atoms. The Bertz CT molecular complexity index is 704. The Kier molecular flexibility index (Phi) is 5.55. The number of nitrogens with zero attached hydrogens (tertiary/aromatic N) is 3. The topological polar surface area (TPSA) is 45.7 Å². The molecular weight excluding hydrogens is 328 g/mol. The van der Waals surface area contributed by atoms with Crippen molar-refractivity contribution < 1.29 is 18.3 Å². The van der Waals surface area contributed by atoms with Crippen molar-refractivity contribution in [3.8, 4) is 5.75 Å². The largest absolute Gasteiger partial charge is 0.435 e. The first-order valence-corrected chi connectivity index (χ1v) is 8.07. The highest BCUT2D eigenvalue weighted by Gasteiger charge is 2.22. The van der Waals surface area contributed by atoms with E-state index in [1.54, 1.807) is 23.2 Å². The van der Waals surface area contributed by atoms with Gasteiger partial charge in [0.2, 0.25) is 0 Å². The molecule has 132 valence electrons. The number of hydrogen-bond donors (Lipinski definition) is 0. The molecule has 1 saturated heterocycles. The molecule has 3 rings (SSSR count). The van der Waals surface area contributed by atoms with Gasteiger partial charge in [-0.3, -0.25) is 14.7 Å². The molecule has 0 bridgehead atoms. The molecule has 1 aromatic heterocycles. The molecule has 2 heterocycles. The van der Waals surface area contributed by atoms with Crippen molar-refractivity contribution in [2.24, 2.45) is 0 Å². The van der Waals surface area contributed by atoms with Gasteiger partial charge in [0, 0.05) is 50.7 Å². The fourth-order valence-corrected chi connectivity index (χ4v) is 2.85. The Morgan fingerprint density at radius 2 is 1.96 bits per heavy atom. The number of hydrogen-bond acceptors (Lipinski definition) is 4. The van der Waals surface area contributed by atoms with Crippen LogP contribution in [-0.4, -0.2) is 53.5 Å². The van der Waals surface area contributed by atoms with Crippen molar-refractivity contribution in [3.05, 3.63) is 59.9 Å². The van der Waals surface area contributed by atoms with Gasteiger partial charge in [-0.25, -0.2) is 0 Å². The molecular formula is C18H19F2N3O2. The monoisotopic (exact) mass is 347 g/mol. The number of benzene rings is 1. The molecule has 1 aliphatic rings. The molecule has 0 unspecified atom stereocenters. The lowest BCUT2D eigenvalue weighted by atomic mass is 10.1. The molecule has 0 saturated carbocycles. The lowest BCUT2D eigenvalue weighted by Gasteiger charge is -2.34. The van der Waals surface area contributed by atoms with Gasteiger partial charge >= 0.3 is 6.61 Å². The van der Waals surface area contributed by atoms with Crippen molar-refractivity contribution in [1.29, 1.82) is 0 Å². The quantitative estimate of drug-likeness (QED) is 0.834. The second kappa shape index (κ2) is 8.02. The van der Waals surface area contributed by atoms with E-state index in [1.807, 2.05) is 18.3 Å². The molecule has 1 amide bonds. The number of aromatic nitrogens is 1. The summed E-state index contributed by atoms with van der Waals surface area (Å²) in [6.07, 6.45) is 3.58. The van der Waals surface area contributed by atoms with Crippen molar-refractivity contribution >= 4 is 5.91 Å². The predicted molar refractivity (Wildman–Crippen MR) is 88.5 cm³/mol. The van der Waals surface area contributed by atoms with Crippen molar-refractivity contribution in [2.45, 2.75) is 13.2 Å². The second-order valence-electron chi connectivity index (χ2n) is 5.84. The van der Waals surface area contributed by atoms with Crippen LogP contribution >= 0.6 is 0 Å². The second-order valence-corrected chi connectivity index (χ2v) is 5.84. The summed E-state index contributed by atoms with van der Waals surface area (Å²) in [4.78, 5) is 20.7. The van der Waals surface area contributed by atoms with Gasteiger partial charge in [-0.1, -0.05) is 12.1 Å². The van der Waals surface area contributed by atoms with E-state index in [-0.39, 0.29) is 11.7 Å². The average molecular weight is 347 g/mol. The zero-order valence-electron chi connectivity index (χ0n) is 13.6. The zero-order valence-corrected chi connectivity index (χ0v) is 13.6. The van der Waals surface area contributed by atoms with Crippen LogP contribution in [0.2, 0.25) is 0 Å².